The lowest BCUT2D eigenvalue weighted by atomic mass is 9.81. The molecule has 0 saturated heterocycles. The van der Waals surface area contributed by atoms with Crippen LogP contribution in [0.25, 0.3) is 0 Å². The van der Waals surface area contributed by atoms with Crippen molar-refractivity contribution in [2.45, 2.75) is 31.6 Å². The maximum Gasteiger partial charge on any atom is 0.227 e. The summed E-state index contributed by atoms with van der Waals surface area (Å²) in [4.78, 5) is 20.7. The van der Waals surface area contributed by atoms with Crippen molar-refractivity contribution in [3.8, 4) is 0 Å². The molecule has 5 heteroatoms. The Balaban J connectivity index is 1.63. The first-order valence-electron chi connectivity index (χ1n) is 6.93. The van der Waals surface area contributed by atoms with Crippen LogP contribution in [-0.4, -0.2) is 15.9 Å². The number of amides is 1. The van der Waals surface area contributed by atoms with E-state index in [2.05, 4.69) is 15.3 Å². The fourth-order valence-electron chi connectivity index (χ4n) is 2.77. The monoisotopic (exact) mass is 287 g/mol. The predicted octanol–water partition coefficient (Wildman–Crippen LogP) is 3.45. The van der Waals surface area contributed by atoms with Crippen molar-refractivity contribution in [2.24, 2.45) is 5.92 Å². The summed E-state index contributed by atoms with van der Waals surface area (Å²) >= 11 is 1.69. The van der Waals surface area contributed by atoms with Crippen LogP contribution in [0.2, 0.25) is 0 Å². The molecule has 20 heavy (non-hydrogen) atoms. The molecular formula is C15H17N3OS. The van der Waals surface area contributed by atoms with Gasteiger partial charge in [0.05, 0.1) is 16.9 Å². The molecule has 0 aliphatic heterocycles. The molecule has 2 atom stereocenters. The topological polar surface area (TPSA) is 54.9 Å². The van der Waals surface area contributed by atoms with Gasteiger partial charge in [0.2, 0.25) is 5.91 Å². The number of aromatic nitrogens is 2. The van der Waals surface area contributed by atoms with E-state index in [0.717, 1.165) is 31.4 Å². The van der Waals surface area contributed by atoms with E-state index in [0.29, 0.717) is 5.92 Å². The van der Waals surface area contributed by atoms with Crippen molar-refractivity contribution in [2.75, 3.05) is 5.32 Å². The van der Waals surface area contributed by atoms with E-state index in [4.69, 9.17) is 0 Å². The van der Waals surface area contributed by atoms with E-state index in [1.165, 1.54) is 5.01 Å². The Hall–Kier alpha value is -1.75. The molecule has 2 heterocycles. The van der Waals surface area contributed by atoms with Gasteiger partial charge < -0.3 is 5.32 Å². The lowest BCUT2D eigenvalue weighted by Gasteiger charge is -2.27. The average molecular weight is 287 g/mol. The number of carbonyl (C=O) groups excluding carboxylic acids is 1. The minimum absolute atomic E-state index is 0.0813. The zero-order chi connectivity index (χ0) is 13.8. The van der Waals surface area contributed by atoms with E-state index in [-0.39, 0.29) is 11.8 Å². The van der Waals surface area contributed by atoms with Gasteiger partial charge in [-0.1, -0.05) is 6.42 Å². The van der Waals surface area contributed by atoms with Gasteiger partial charge in [0.25, 0.3) is 0 Å². The highest BCUT2D eigenvalue weighted by Crippen LogP contribution is 2.37. The van der Waals surface area contributed by atoms with Crippen molar-refractivity contribution in [3.63, 3.8) is 0 Å². The maximum absolute atomic E-state index is 12.3. The minimum Gasteiger partial charge on any atom is -0.324 e. The molecule has 3 rings (SSSR count). The second-order valence-corrected chi connectivity index (χ2v) is 6.09. The summed E-state index contributed by atoms with van der Waals surface area (Å²) < 4.78 is 0. The Bertz CT molecular complexity index is 556. The summed E-state index contributed by atoms with van der Waals surface area (Å²) in [6, 6.07) is 3.70. The normalized spacial score (nSPS) is 22.4. The van der Waals surface area contributed by atoms with Crippen LogP contribution < -0.4 is 5.32 Å². The van der Waals surface area contributed by atoms with E-state index in [1.54, 1.807) is 23.7 Å². The third-order valence-electron chi connectivity index (χ3n) is 3.77. The molecule has 2 aromatic rings. The van der Waals surface area contributed by atoms with Crippen LogP contribution in [0.3, 0.4) is 0 Å². The predicted molar refractivity (Wildman–Crippen MR) is 79.7 cm³/mol. The zero-order valence-electron chi connectivity index (χ0n) is 11.2. The number of hydrogen-bond donors (Lipinski definition) is 1. The first-order valence-corrected chi connectivity index (χ1v) is 7.81. The maximum atomic E-state index is 12.3. The molecular weight excluding hydrogens is 270 g/mol. The Morgan fingerprint density at radius 2 is 2.30 bits per heavy atom. The Morgan fingerprint density at radius 3 is 3.05 bits per heavy atom. The molecule has 0 bridgehead atoms. The standard InChI is InChI=1S/C15H17N3OS/c19-14(18-13-5-2-6-16-10-13)11-3-1-4-12(9-11)15-17-7-8-20-15/h2,5-8,10-12H,1,3-4,9H2,(H,18,19). The number of rotatable bonds is 3. The van der Waals surface area contributed by atoms with Gasteiger partial charge in [-0.15, -0.1) is 11.3 Å². The molecule has 2 aromatic heterocycles. The summed E-state index contributed by atoms with van der Waals surface area (Å²) in [5.41, 5.74) is 0.772. The molecule has 0 aromatic carbocycles. The summed E-state index contributed by atoms with van der Waals surface area (Å²) in [5.74, 6) is 0.630. The van der Waals surface area contributed by atoms with E-state index in [1.807, 2.05) is 23.7 Å². The molecule has 1 amide bonds. The van der Waals surface area contributed by atoms with Crippen LogP contribution in [0.15, 0.2) is 36.1 Å². The highest BCUT2D eigenvalue weighted by molar-refractivity contribution is 7.09. The summed E-state index contributed by atoms with van der Waals surface area (Å²) in [5, 5.41) is 6.14. The van der Waals surface area contributed by atoms with E-state index < -0.39 is 0 Å². The second-order valence-electron chi connectivity index (χ2n) is 5.16. The van der Waals surface area contributed by atoms with Crippen LogP contribution in [0.4, 0.5) is 5.69 Å². The molecule has 1 saturated carbocycles. The molecule has 0 spiro atoms. The SMILES string of the molecule is O=C(Nc1cccnc1)C1CCCC(c2nccs2)C1. The number of thiazole rings is 1. The second kappa shape index (κ2) is 6.13. The molecule has 1 N–H and O–H groups in total. The van der Waals surface area contributed by atoms with Crippen LogP contribution in [-0.2, 0) is 4.79 Å². The number of anilines is 1. The molecule has 1 fully saturated rings. The van der Waals surface area contributed by atoms with Gasteiger partial charge in [0.15, 0.2) is 0 Å². The molecule has 104 valence electrons. The Morgan fingerprint density at radius 1 is 1.35 bits per heavy atom. The molecule has 1 aliphatic carbocycles. The number of nitrogens with one attached hydrogen (secondary N) is 1. The smallest absolute Gasteiger partial charge is 0.227 e. The minimum atomic E-state index is 0.0813. The van der Waals surface area contributed by atoms with E-state index >= 15 is 0 Å². The van der Waals surface area contributed by atoms with Crippen molar-refractivity contribution in [1.82, 2.24) is 9.97 Å². The highest BCUT2D eigenvalue weighted by Gasteiger charge is 2.29. The molecule has 0 radical (unpaired) electrons. The van der Waals surface area contributed by atoms with Gasteiger partial charge in [0.1, 0.15) is 0 Å². The van der Waals surface area contributed by atoms with Gasteiger partial charge in [-0.05, 0) is 31.4 Å². The van der Waals surface area contributed by atoms with Gasteiger partial charge in [-0.2, -0.15) is 0 Å². The van der Waals surface area contributed by atoms with Gasteiger partial charge in [0, 0.05) is 29.6 Å². The van der Waals surface area contributed by atoms with Crippen molar-refractivity contribution in [3.05, 3.63) is 41.1 Å². The van der Waals surface area contributed by atoms with Crippen molar-refractivity contribution < 1.29 is 4.79 Å². The Kier molecular flexibility index (Phi) is 4.06. The largest absolute Gasteiger partial charge is 0.324 e. The van der Waals surface area contributed by atoms with Crippen LogP contribution in [0.1, 0.15) is 36.6 Å². The molecule has 2 unspecified atom stereocenters. The molecule has 4 nitrogen and oxygen atoms in total. The van der Waals surface area contributed by atoms with E-state index in [9.17, 15) is 4.79 Å². The fraction of sp³-hybridized carbons (Fsp3) is 0.400. The summed E-state index contributed by atoms with van der Waals surface area (Å²) in [6.07, 6.45) is 9.33. The van der Waals surface area contributed by atoms with Crippen LogP contribution in [0.5, 0.6) is 0 Å². The summed E-state index contributed by atoms with van der Waals surface area (Å²) in [7, 11) is 0. The first-order chi connectivity index (χ1) is 9.83. The molecule has 1 aliphatic rings. The lowest BCUT2D eigenvalue weighted by molar-refractivity contribution is -0.120. The van der Waals surface area contributed by atoms with Crippen molar-refractivity contribution in [1.29, 1.82) is 0 Å². The highest BCUT2D eigenvalue weighted by atomic mass is 32.1. The van der Waals surface area contributed by atoms with Crippen LogP contribution in [0, 0.1) is 5.92 Å². The van der Waals surface area contributed by atoms with Crippen LogP contribution >= 0.6 is 11.3 Å². The van der Waals surface area contributed by atoms with Gasteiger partial charge >= 0.3 is 0 Å². The third-order valence-corrected chi connectivity index (χ3v) is 4.71. The number of hydrogen-bond acceptors (Lipinski definition) is 4. The lowest BCUT2D eigenvalue weighted by Crippen LogP contribution is -2.27. The average Bonchev–Trinajstić information content (AvgIpc) is 3.03. The zero-order valence-corrected chi connectivity index (χ0v) is 12.0. The van der Waals surface area contributed by atoms with Crippen molar-refractivity contribution >= 4 is 22.9 Å². The van der Waals surface area contributed by atoms with Gasteiger partial charge in [-0.3, -0.25) is 9.78 Å². The quantitative estimate of drug-likeness (QED) is 0.940. The third kappa shape index (κ3) is 3.04. The van der Waals surface area contributed by atoms with Gasteiger partial charge in [-0.25, -0.2) is 4.98 Å². The number of pyridine rings is 1. The Labute approximate surface area is 122 Å². The number of carbonyl (C=O) groups is 1. The summed E-state index contributed by atoms with van der Waals surface area (Å²) in [6.45, 7) is 0. The number of nitrogens with zero attached hydrogens (tertiary/aromatic N) is 2. The first kappa shape index (κ1) is 13.2. The fourth-order valence-corrected chi connectivity index (χ4v) is 3.56.